The third-order valence-electron chi connectivity index (χ3n) is 1.72. The van der Waals surface area contributed by atoms with Crippen LogP contribution in [0.4, 0.5) is 0 Å². The molecule has 0 fully saturated rings. The zero-order chi connectivity index (χ0) is 10.3. The molecule has 2 N–H and O–H groups in total. The van der Waals surface area contributed by atoms with Crippen LogP contribution < -0.4 is 5.32 Å². The van der Waals surface area contributed by atoms with Crippen LogP contribution in [0.3, 0.4) is 0 Å². The molecule has 0 aliphatic rings. The lowest BCUT2D eigenvalue weighted by Gasteiger charge is -2.09. The van der Waals surface area contributed by atoms with Gasteiger partial charge in [0.1, 0.15) is 9.84 Å². The van der Waals surface area contributed by atoms with E-state index < -0.39 is 15.9 Å². The van der Waals surface area contributed by atoms with Crippen LogP contribution in [-0.2, 0) is 9.84 Å². The van der Waals surface area contributed by atoms with Crippen molar-refractivity contribution in [3.63, 3.8) is 0 Å². The van der Waals surface area contributed by atoms with Gasteiger partial charge in [0.2, 0.25) is 0 Å². The first-order valence-electron chi connectivity index (χ1n) is 4.55. The number of sulfone groups is 1. The molecule has 0 saturated carbocycles. The van der Waals surface area contributed by atoms with Gasteiger partial charge in [-0.1, -0.05) is 6.92 Å². The lowest BCUT2D eigenvalue weighted by molar-refractivity contribution is 0.171. The summed E-state index contributed by atoms with van der Waals surface area (Å²) in [5.74, 6) is 0.308. The fraction of sp³-hybridized carbons (Fsp3) is 1.00. The summed E-state index contributed by atoms with van der Waals surface area (Å²) < 4.78 is 22.4. The molecule has 0 amide bonds. The van der Waals surface area contributed by atoms with Crippen molar-refractivity contribution in [1.29, 1.82) is 0 Å². The van der Waals surface area contributed by atoms with Gasteiger partial charge in [-0.3, -0.25) is 0 Å². The second-order valence-electron chi connectivity index (χ2n) is 3.15. The molecule has 0 rings (SSSR count). The molecule has 1 unspecified atom stereocenters. The van der Waals surface area contributed by atoms with Gasteiger partial charge >= 0.3 is 0 Å². The summed E-state index contributed by atoms with van der Waals surface area (Å²) in [6.07, 6.45) is 0.407. The van der Waals surface area contributed by atoms with Crippen LogP contribution in [-0.4, -0.2) is 44.7 Å². The monoisotopic (exact) mass is 209 g/mol. The summed E-state index contributed by atoms with van der Waals surface area (Å²) in [5, 5.41) is 12.0. The predicted octanol–water partition coefficient (Wildman–Crippen LogP) is -0.218. The van der Waals surface area contributed by atoms with E-state index in [0.717, 1.165) is 0 Å². The van der Waals surface area contributed by atoms with E-state index in [0.29, 0.717) is 19.4 Å². The maximum Gasteiger partial charge on any atom is 0.150 e. The Hall–Kier alpha value is -0.130. The Bertz CT molecular complexity index is 213. The average molecular weight is 209 g/mol. The zero-order valence-corrected chi connectivity index (χ0v) is 9.10. The van der Waals surface area contributed by atoms with E-state index in [1.165, 1.54) is 0 Å². The molecule has 0 bridgehead atoms. The number of hydrogen-bond donors (Lipinski definition) is 2. The van der Waals surface area contributed by atoms with Crippen molar-refractivity contribution in [3.05, 3.63) is 0 Å². The molecule has 0 saturated heterocycles. The van der Waals surface area contributed by atoms with Crippen molar-refractivity contribution >= 4 is 9.84 Å². The number of aliphatic hydroxyl groups excluding tert-OH is 1. The highest BCUT2D eigenvalue weighted by Gasteiger charge is 2.12. The standard InChI is InChI=1S/C8H19NO3S/c1-3-5-13(11,12)6-4-8(10)7-9-2/h8-10H,3-7H2,1-2H3. The Kier molecular flexibility index (Phi) is 6.28. The molecule has 0 aliphatic heterocycles. The summed E-state index contributed by atoms with van der Waals surface area (Å²) in [7, 11) is -1.21. The molecule has 0 spiro atoms. The minimum Gasteiger partial charge on any atom is -0.392 e. The van der Waals surface area contributed by atoms with Crippen LogP contribution in [0.25, 0.3) is 0 Å². The Morgan fingerprint density at radius 3 is 2.46 bits per heavy atom. The second-order valence-corrected chi connectivity index (χ2v) is 5.46. The first-order valence-corrected chi connectivity index (χ1v) is 6.37. The topological polar surface area (TPSA) is 66.4 Å². The van der Waals surface area contributed by atoms with Gasteiger partial charge in [-0.15, -0.1) is 0 Å². The fourth-order valence-electron chi connectivity index (χ4n) is 1.07. The highest BCUT2D eigenvalue weighted by molar-refractivity contribution is 7.91. The van der Waals surface area contributed by atoms with Gasteiger partial charge < -0.3 is 10.4 Å². The molecular weight excluding hydrogens is 190 g/mol. The largest absolute Gasteiger partial charge is 0.392 e. The summed E-state index contributed by atoms with van der Waals surface area (Å²) in [6, 6.07) is 0. The Morgan fingerprint density at radius 2 is 2.00 bits per heavy atom. The van der Waals surface area contributed by atoms with E-state index in [1.54, 1.807) is 7.05 Å². The third-order valence-corrected chi connectivity index (χ3v) is 3.60. The highest BCUT2D eigenvalue weighted by Crippen LogP contribution is 1.99. The SMILES string of the molecule is CCCS(=O)(=O)CCC(O)CNC. The second kappa shape index (κ2) is 6.34. The van der Waals surface area contributed by atoms with Crippen LogP contribution in [0.1, 0.15) is 19.8 Å². The Morgan fingerprint density at radius 1 is 1.38 bits per heavy atom. The molecule has 0 aromatic carbocycles. The van der Waals surface area contributed by atoms with Crippen molar-refractivity contribution in [2.24, 2.45) is 0 Å². The van der Waals surface area contributed by atoms with E-state index >= 15 is 0 Å². The third kappa shape index (κ3) is 6.98. The molecule has 0 radical (unpaired) electrons. The summed E-state index contributed by atoms with van der Waals surface area (Å²) in [6.45, 7) is 2.28. The molecule has 1 atom stereocenters. The van der Waals surface area contributed by atoms with E-state index in [9.17, 15) is 13.5 Å². The first kappa shape index (κ1) is 12.9. The molecular formula is C8H19NO3S. The zero-order valence-electron chi connectivity index (χ0n) is 8.28. The van der Waals surface area contributed by atoms with Crippen molar-refractivity contribution < 1.29 is 13.5 Å². The quantitative estimate of drug-likeness (QED) is 0.608. The van der Waals surface area contributed by atoms with Crippen LogP contribution in [0.5, 0.6) is 0 Å². The smallest absolute Gasteiger partial charge is 0.150 e. The van der Waals surface area contributed by atoms with Crippen LogP contribution >= 0.6 is 0 Å². The molecule has 0 heterocycles. The van der Waals surface area contributed by atoms with Gasteiger partial charge in [0.05, 0.1) is 11.9 Å². The molecule has 0 aromatic heterocycles. The summed E-state index contributed by atoms with van der Waals surface area (Å²) in [5.41, 5.74) is 0. The van der Waals surface area contributed by atoms with Gasteiger partial charge in [0.15, 0.2) is 0 Å². The molecule has 5 heteroatoms. The van der Waals surface area contributed by atoms with Crippen molar-refractivity contribution in [3.8, 4) is 0 Å². The molecule has 0 aromatic rings. The minimum absolute atomic E-state index is 0.0870. The molecule has 13 heavy (non-hydrogen) atoms. The van der Waals surface area contributed by atoms with E-state index in [-0.39, 0.29) is 11.5 Å². The van der Waals surface area contributed by atoms with Gasteiger partial charge in [-0.05, 0) is 19.9 Å². The number of rotatable bonds is 7. The van der Waals surface area contributed by atoms with Crippen LogP contribution in [0, 0.1) is 0 Å². The lowest BCUT2D eigenvalue weighted by Crippen LogP contribution is -2.26. The summed E-state index contributed by atoms with van der Waals surface area (Å²) in [4.78, 5) is 0. The van der Waals surface area contributed by atoms with Crippen LogP contribution in [0.15, 0.2) is 0 Å². The average Bonchev–Trinajstić information content (AvgIpc) is 2.02. The number of aliphatic hydroxyl groups is 1. The minimum atomic E-state index is -2.93. The fourth-order valence-corrected chi connectivity index (χ4v) is 2.52. The van der Waals surface area contributed by atoms with Gasteiger partial charge in [0, 0.05) is 12.3 Å². The number of hydrogen-bond acceptors (Lipinski definition) is 4. The van der Waals surface area contributed by atoms with E-state index in [2.05, 4.69) is 5.32 Å². The van der Waals surface area contributed by atoms with E-state index in [4.69, 9.17) is 0 Å². The molecule has 80 valence electrons. The maximum absolute atomic E-state index is 11.2. The first-order chi connectivity index (χ1) is 6.02. The van der Waals surface area contributed by atoms with Crippen molar-refractivity contribution in [2.45, 2.75) is 25.9 Å². The molecule has 4 nitrogen and oxygen atoms in total. The number of likely N-dealkylation sites (N-methyl/N-ethyl adjacent to an activating group) is 1. The lowest BCUT2D eigenvalue weighted by atomic mass is 10.3. The van der Waals surface area contributed by atoms with Crippen molar-refractivity contribution in [1.82, 2.24) is 5.32 Å². The van der Waals surface area contributed by atoms with Gasteiger partial charge in [-0.25, -0.2) is 8.42 Å². The molecule has 0 aliphatic carbocycles. The van der Waals surface area contributed by atoms with Gasteiger partial charge in [0.25, 0.3) is 0 Å². The predicted molar refractivity (Wildman–Crippen MR) is 53.5 cm³/mol. The van der Waals surface area contributed by atoms with Gasteiger partial charge in [-0.2, -0.15) is 0 Å². The Balaban J connectivity index is 3.74. The summed E-state index contributed by atoms with van der Waals surface area (Å²) >= 11 is 0. The highest BCUT2D eigenvalue weighted by atomic mass is 32.2. The van der Waals surface area contributed by atoms with Crippen LogP contribution in [0.2, 0.25) is 0 Å². The number of nitrogens with one attached hydrogen (secondary N) is 1. The maximum atomic E-state index is 11.2. The Labute approximate surface area is 80.3 Å². The van der Waals surface area contributed by atoms with Crippen molar-refractivity contribution in [2.75, 3.05) is 25.1 Å². The normalized spacial score (nSPS) is 14.4. The van der Waals surface area contributed by atoms with E-state index in [1.807, 2.05) is 6.92 Å².